The van der Waals surface area contributed by atoms with Crippen LogP contribution in [0.5, 0.6) is 11.5 Å². The Morgan fingerprint density at radius 2 is 1.38 bits per heavy atom. The predicted octanol–water partition coefficient (Wildman–Crippen LogP) is 8.63. The van der Waals surface area contributed by atoms with Crippen molar-refractivity contribution in [3.05, 3.63) is 23.8 Å². The van der Waals surface area contributed by atoms with E-state index in [0.29, 0.717) is 18.9 Å². The first-order chi connectivity index (χ1) is 16.5. The van der Waals surface area contributed by atoms with Crippen molar-refractivity contribution in [2.75, 3.05) is 6.61 Å². The zero-order valence-electron chi connectivity index (χ0n) is 21.3. The molecule has 2 fully saturated rings. The third-order valence-electron chi connectivity index (χ3n) is 8.06. The largest absolute Gasteiger partial charge is 0.490 e. The summed E-state index contributed by atoms with van der Waals surface area (Å²) in [6, 6.07) is 2.62. The van der Waals surface area contributed by atoms with E-state index in [2.05, 4.69) is 6.92 Å². The SMILES string of the molecule is CCCCCCCC1CCC(C2CCC(C(=O)Oc3ccc(OCCC)c(F)c3F)CC2)CC1. The number of hydrogen-bond acceptors (Lipinski definition) is 3. The van der Waals surface area contributed by atoms with Crippen molar-refractivity contribution in [1.82, 2.24) is 0 Å². The van der Waals surface area contributed by atoms with Crippen molar-refractivity contribution in [2.24, 2.45) is 23.7 Å². The van der Waals surface area contributed by atoms with E-state index in [4.69, 9.17) is 9.47 Å². The zero-order chi connectivity index (χ0) is 24.3. The molecule has 0 spiro atoms. The molecule has 0 aromatic heterocycles. The number of carbonyl (C=O) groups excluding carboxylic acids is 1. The molecule has 0 saturated heterocycles. The molecule has 5 heteroatoms. The molecule has 0 heterocycles. The molecule has 2 aliphatic rings. The Labute approximate surface area is 205 Å². The van der Waals surface area contributed by atoms with E-state index in [9.17, 15) is 13.6 Å². The van der Waals surface area contributed by atoms with Crippen molar-refractivity contribution in [3.8, 4) is 11.5 Å². The first-order valence-electron chi connectivity index (χ1n) is 13.9. The average Bonchev–Trinajstić information content (AvgIpc) is 2.87. The molecule has 0 N–H and O–H groups in total. The standard InChI is InChI=1S/C29H44F2O3/c1-3-5-6-7-8-9-21-10-12-22(13-11-21)23-14-16-24(17-15-23)29(32)34-26-19-18-25(33-20-4-2)27(30)28(26)31/h18-19,21-24H,3-17,20H2,1-2H3. The van der Waals surface area contributed by atoms with Gasteiger partial charge in [-0.1, -0.05) is 65.2 Å². The summed E-state index contributed by atoms with van der Waals surface area (Å²) >= 11 is 0. The van der Waals surface area contributed by atoms with Crippen LogP contribution in [0, 0.1) is 35.3 Å². The third kappa shape index (κ3) is 7.68. The van der Waals surface area contributed by atoms with Crippen molar-refractivity contribution in [1.29, 1.82) is 0 Å². The first-order valence-corrected chi connectivity index (χ1v) is 13.9. The molecule has 0 bridgehead atoms. The van der Waals surface area contributed by atoms with Gasteiger partial charge in [0.1, 0.15) is 0 Å². The van der Waals surface area contributed by atoms with E-state index in [1.165, 1.54) is 76.3 Å². The quantitative estimate of drug-likeness (QED) is 0.171. The Morgan fingerprint density at radius 3 is 2.03 bits per heavy atom. The molecular weight excluding hydrogens is 434 g/mol. The maximum absolute atomic E-state index is 14.4. The highest BCUT2D eigenvalue weighted by molar-refractivity contribution is 5.75. The van der Waals surface area contributed by atoms with Gasteiger partial charge in [0.15, 0.2) is 11.5 Å². The molecule has 1 aromatic carbocycles. The maximum Gasteiger partial charge on any atom is 0.314 e. The molecule has 0 unspecified atom stereocenters. The predicted molar refractivity (Wildman–Crippen MR) is 132 cm³/mol. The summed E-state index contributed by atoms with van der Waals surface area (Å²) < 4.78 is 39.0. The topological polar surface area (TPSA) is 35.5 Å². The number of halogens is 2. The molecule has 192 valence electrons. The summed E-state index contributed by atoms with van der Waals surface area (Å²) in [6.45, 7) is 4.46. The van der Waals surface area contributed by atoms with Crippen LogP contribution in [0.3, 0.4) is 0 Å². The number of ether oxygens (including phenoxy) is 2. The van der Waals surface area contributed by atoms with Crippen LogP contribution in [0.25, 0.3) is 0 Å². The summed E-state index contributed by atoms with van der Waals surface area (Å²) in [6.07, 6.45) is 18.0. The molecule has 1 aromatic rings. The van der Waals surface area contributed by atoms with Gasteiger partial charge >= 0.3 is 5.97 Å². The summed E-state index contributed by atoms with van der Waals surface area (Å²) in [5.41, 5.74) is 0. The van der Waals surface area contributed by atoms with Crippen LogP contribution >= 0.6 is 0 Å². The lowest BCUT2D eigenvalue weighted by Gasteiger charge is -2.37. The minimum Gasteiger partial charge on any atom is -0.490 e. The van der Waals surface area contributed by atoms with Crippen LogP contribution in [0.2, 0.25) is 0 Å². The van der Waals surface area contributed by atoms with E-state index in [1.54, 1.807) is 0 Å². The van der Waals surface area contributed by atoms with E-state index >= 15 is 0 Å². The Morgan fingerprint density at radius 1 is 0.794 bits per heavy atom. The summed E-state index contributed by atoms with van der Waals surface area (Å²) in [5, 5.41) is 0. The molecule has 2 saturated carbocycles. The van der Waals surface area contributed by atoms with E-state index in [1.807, 2.05) is 6.92 Å². The van der Waals surface area contributed by atoms with E-state index in [0.717, 1.165) is 37.5 Å². The van der Waals surface area contributed by atoms with Gasteiger partial charge in [-0.15, -0.1) is 0 Å². The molecule has 0 atom stereocenters. The summed E-state index contributed by atoms with van der Waals surface area (Å²) in [5.74, 6) is -1.02. The first kappa shape index (κ1) is 26.9. The van der Waals surface area contributed by atoms with E-state index < -0.39 is 17.6 Å². The fraction of sp³-hybridized carbons (Fsp3) is 0.759. The van der Waals surface area contributed by atoms with Gasteiger partial charge in [0, 0.05) is 0 Å². The normalized spacial score (nSPS) is 25.2. The Hall–Kier alpha value is -1.65. The molecule has 0 aliphatic heterocycles. The van der Waals surface area contributed by atoms with Crippen molar-refractivity contribution >= 4 is 5.97 Å². The van der Waals surface area contributed by atoms with Crippen molar-refractivity contribution in [2.45, 2.75) is 110 Å². The summed E-state index contributed by atoms with van der Waals surface area (Å²) in [4.78, 5) is 12.6. The maximum atomic E-state index is 14.4. The molecule has 3 rings (SSSR count). The van der Waals surface area contributed by atoms with Crippen LogP contribution in [0.4, 0.5) is 8.78 Å². The Kier molecular flexibility index (Phi) is 11.1. The molecule has 3 nitrogen and oxygen atoms in total. The fourth-order valence-electron chi connectivity index (χ4n) is 5.92. The highest BCUT2D eigenvalue weighted by atomic mass is 19.2. The monoisotopic (exact) mass is 478 g/mol. The highest BCUT2D eigenvalue weighted by Gasteiger charge is 2.34. The number of carbonyl (C=O) groups is 1. The second-order valence-corrected chi connectivity index (χ2v) is 10.6. The average molecular weight is 479 g/mol. The van der Waals surface area contributed by atoms with E-state index in [-0.39, 0.29) is 17.4 Å². The lowest BCUT2D eigenvalue weighted by atomic mass is 9.68. The molecule has 2 aliphatic carbocycles. The fourth-order valence-corrected chi connectivity index (χ4v) is 5.92. The Bertz CT molecular complexity index is 750. The van der Waals surface area contributed by atoms with Crippen molar-refractivity contribution in [3.63, 3.8) is 0 Å². The number of esters is 1. The summed E-state index contributed by atoms with van der Waals surface area (Å²) in [7, 11) is 0. The second kappa shape index (κ2) is 14.0. The van der Waals surface area contributed by atoms with Gasteiger partial charge in [0.05, 0.1) is 12.5 Å². The molecular formula is C29H44F2O3. The van der Waals surface area contributed by atoms with Crippen LogP contribution in [-0.2, 0) is 4.79 Å². The van der Waals surface area contributed by atoms with Gasteiger partial charge in [-0.3, -0.25) is 4.79 Å². The number of benzene rings is 1. The molecule has 34 heavy (non-hydrogen) atoms. The van der Waals surface area contributed by atoms with Gasteiger partial charge in [-0.05, 0) is 74.8 Å². The number of unbranched alkanes of at least 4 members (excludes halogenated alkanes) is 4. The lowest BCUT2D eigenvalue weighted by molar-refractivity contribution is -0.140. The van der Waals surface area contributed by atoms with Crippen LogP contribution in [0.1, 0.15) is 110 Å². The third-order valence-corrected chi connectivity index (χ3v) is 8.06. The van der Waals surface area contributed by atoms with Crippen molar-refractivity contribution < 1.29 is 23.0 Å². The minimum absolute atomic E-state index is 0.147. The molecule has 0 radical (unpaired) electrons. The molecule has 0 amide bonds. The number of rotatable bonds is 12. The lowest BCUT2D eigenvalue weighted by Crippen LogP contribution is -2.30. The van der Waals surface area contributed by atoms with Gasteiger partial charge in [0.2, 0.25) is 11.6 Å². The van der Waals surface area contributed by atoms with Crippen LogP contribution < -0.4 is 9.47 Å². The smallest absolute Gasteiger partial charge is 0.314 e. The minimum atomic E-state index is -1.15. The van der Waals surface area contributed by atoms with Gasteiger partial charge < -0.3 is 9.47 Å². The van der Waals surface area contributed by atoms with Gasteiger partial charge in [-0.25, -0.2) is 0 Å². The van der Waals surface area contributed by atoms with Crippen LogP contribution in [0.15, 0.2) is 12.1 Å². The van der Waals surface area contributed by atoms with Gasteiger partial charge in [0.25, 0.3) is 0 Å². The van der Waals surface area contributed by atoms with Crippen LogP contribution in [-0.4, -0.2) is 12.6 Å². The highest BCUT2D eigenvalue weighted by Crippen LogP contribution is 2.42. The zero-order valence-corrected chi connectivity index (χ0v) is 21.3. The number of hydrogen-bond donors (Lipinski definition) is 0. The van der Waals surface area contributed by atoms with Gasteiger partial charge in [-0.2, -0.15) is 8.78 Å². The second-order valence-electron chi connectivity index (χ2n) is 10.6. The Balaban J connectivity index is 1.39.